The molecular weight excluding hydrogens is 260 g/mol. The number of carbonyl (C=O) groups is 3. The van der Waals surface area contributed by atoms with Gasteiger partial charge in [0.1, 0.15) is 5.60 Å². The Morgan fingerprint density at radius 2 is 1.95 bits per heavy atom. The zero-order valence-electron chi connectivity index (χ0n) is 12.0. The number of allylic oxidation sites excluding steroid dienone is 1. The number of rotatable bonds is 4. The summed E-state index contributed by atoms with van der Waals surface area (Å²) in [5.41, 5.74) is 0.491. The largest absolute Gasteiger partial charge is 0.469 e. The Bertz CT molecular complexity index is 477. The van der Waals surface area contributed by atoms with Gasteiger partial charge < -0.3 is 9.47 Å². The molecule has 0 spiro atoms. The maximum Gasteiger partial charge on any atom is 0.305 e. The van der Waals surface area contributed by atoms with Crippen molar-refractivity contribution in [1.82, 2.24) is 0 Å². The van der Waals surface area contributed by atoms with Crippen molar-refractivity contribution in [2.75, 3.05) is 14.2 Å². The molecule has 0 N–H and O–H groups in total. The van der Waals surface area contributed by atoms with E-state index in [9.17, 15) is 14.4 Å². The third-order valence-electron chi connectivity index (χ3n) is 4.33. The molecule has 0 unspecified atom stereocenters. The number of ketones is 2. The van der Waals surface area contributed by atoms with Crippen LogP contribution in [0.15, 0.2) is 11.1 Å². The first kappa shape index (κ1) is 14.9. The molecule has 1 atom stereocenters. The number of fused-ring (bicyclic) bond motifs is 1. The van der Waals surface area contributed by atoms with E-state index in [2.05, 4.69) is 4.74 Å². The van der Waals surface area contributed by atoms with Crippen molar-refractivity contribution in [2.24, 2.45) is 0 Å². The summed E-state index contributed by atoms with van der Waals surface area (Å²) in [6, 6.07) is 0. The third-order valence-corrected chi connectivity index (χ3v) is 4.33. The van der Waals surface area contributed by atoms with Crippen LogP contribution < -0.4 is 0 Å². The lowest BCUT2D eigenvalue weighted by atomic mass is 9.69. The average Bonchev–Trinajstić information content (AvgIpc) is 2.46. The summed E-state index contributed by atoms with van der Waals surface area (Å²) in [6.45, 7) is 0. The molecule has 0 saturated heterocycles. The monoisotopic (exact) mass is 280 g/mol. The number of hydrogen-bond donors (Lipinski definition) is 0. The summed E-state index contributed by atoms with van der Waals surface area (Å²) in [5, 5.41) is 0. The number of ether oxygens (including phenoxy) is 2. The van der Waals surface area contributed by atoms with Crippen molar-refractivity contribution in [1.29, 1.82) is 0 Å². The number of esters is 1. The highest BCUT2D eigenvalue weighted by atomic mass is 16.5. The summed E-state index contributed by atoms with van der Waals surface area (Å²) in [7, 11) is 2.85. The molecule has 0 aromatic carbocycles. The van der Waals surface area contributed by atoms with Crippen LogP contribution >= 0.6 is 0 Å². The molecule has 2 aliphatic rings. The van der Waals surface area contributed by atoms with Crippen molar-refractivity contribution in [3.8, 4) is 0 Å². The topological polar surface area (TPSA) is 69.7 Å². The molecule has 0 heterocycles. The van der Waals surface area contributed by atoms with Crippen molar-refractivity contribution in [3.63, 3.8) is 0 Å². The quantitative estimate of drug-likeness (QED) is 0.734. The minimum atomic E-state index is -0.919. The van der Waals surface area contributed by atoms with Gasteiger partial charge in [-0.15, -0.1) is 0 Å². The van der Waals surface area contributed by atoms with E-state index in [1.165, 1.54) is 14.2 Å². The van der Waals surface area contributed by atoms with Gasteiger partial charge in [-0.25, -0.2) is 0 Å². The minimum absolute atomic E-state index is 0.0336. The fraction of sp³-hybridized carbons (Fsp3) is 0.667. The molecular formula is C15H20O5. The third kappa shape index (κ3) is 2.42. The van der Waals surface area contributed by atoms with E-state index in [0.29, 0.717) is 37.7 Å². The molecule has 5 nitrogen and oxygen atoms in total. The van der Waals surface area contributed by atoms with Gasteiger partial charge in [-0.1, -0.05) is 0 Å². The van der Waals surface area contributed by atoms with Crippen LogP contribution in [0, 0.1) is 0 Å². The van der Waals surface area contributed by atoms with Crippen LogP contribution in [0.2, 0.25) is 0 Å². The highest BCUT2D eigenvalue weighted by Gasteiger charge is 2.48. The van der Waals surface area contributed by atoms with Gasteiger partial charge in [-0.3, -0.25) is 14.4 Å². The second-order valence-corrected chi connectivity index (χ2v) is 5.26. The normalized spacial score (nSPS) is 26.5. The van der Waals surface area contributed by atoms with E-state index in [1.807, 2.05) is 0 Å². The maximum absolute atomic E-state index is 12.3. The zero-order valence-corrected chi connectivity index (χ0v) is 12.0. The van der Waals surface area contributed by atoms with Crippen LogP contribution in [-0.2, 0) is 23.9 Å². The van der Waals surface area contributed by atoms with Crippen LogP contribution in [0.25, 0.3) is 0 Å². The molecule has 110 valence electrons. The van der Waals surface area contributed by atoms with E-state index >= 15 is 0 Å². The van der Waals surface area contributed by atoms with Gasteiger partial charge in [0.2, 0.25) is 0 Å². The summed E-state index contributed by atoms with van der Waals surface area (Å²) < 4.78 is 10.1. The minimum Gasteiger partial charge on any atom is -0.469 e. The van der Waals surface area contributed by atoms with Gasteiger partial charge in [0.15, 0.2) is 11.6 Å². The smallest absolute Gasteiger partial charge is 0.305 e. The van der Waals surface area contributed by atoms with Crippen molar-refractivity contribution >= 4 is 17.5 Å². The molecule has 20 heavy (non-hydrogen) atoms. The SMILES string of the molecule is COC(=O)CCC1=C2CCCC(=O)[C@@]2(OC)CCC1=O. The van der Waals surface area contributed by atoms with E-state index in [0.717, 1.165) is 12.0 Å². The van der Waals surface area contributed by atoms with Crippen LogP contribution in [0.4, 0.5) is 0 Å². The number of carbonyl (C=O) groups excluding carboxylic acids is 3. The fourth-order valence-corrected chi connectivity index (χ4v) is 3.25. The first-order chi connectivity index (χ1) is 9.55. The van der Waals surface area contributed by atoms with Gasteiger partial charge >= 0.3 is 5.97 Å². The Labute approximate surface area is 118 Å². The predicted octanol–water partition coefficient (Wildman–Crippen LogP) is 1.74. The molecule has 0 amide bonds. The molecule has 0 bridgehead atoms. The van der Waals surface area contributed by atoms with Crippen molar-refractivity contribution < 1.29 is 23.9 Å². The summed E-state index contributed by atoms with van der Waals surface area (Å²) in [4.78, 5) is 35.7. The lowest BCUT2D eigenvalue weighted by molar-refractivity contribution is -0.141. The molecule has 0 aromatic rings. The highest BCUT2D eigenvalue weighted by Crippen LogP contribution is 2.43. The Morgan fingerprint density at radius 1 is 1.20 bits per heavy atom. The summed E-state index contributed by atoms with van der Waals surface area (Å²) in [5.74, 6) is -0.253. The second kappa shape index (κ2) is 5.87. The van der Waals surface area contributed by atoms with E-state index in [1.54, 1.807) is 0 Å². The Kier molecular flexibility index (Phi) is 4.38. The van der Waals surface area contributed by atoms with Gasteiger partial charge in [0.25, 0.3) is 0 Å². The molecule has 0 aromatic heterocycles. The summed E-state index contributed by atoms with van der Waals surface area (Å²) in [6.07, 6.45) is 3.16. The van der Waals surface area contributed by atoms with Crippen LogP contribution in [0.5, 0.6) is 0 Å². The number of Topliss-reactive ketones (excluding diaryl/α,β-unsaturated/α-hetero) is 2. The molecule has 2 rings (SSSR count). The lowest BCUT2D eigenvalue weighted by Crippen LogP contribution is -2.48. The molecule has 0 radical (unpaired) electrons. The van der Waals surface area contributed by atoms with E-state index in [4.69, 9.17) is 4.74 Å². The Morgan fingerprint density at radius 3 is 2.60 bits per heavy atom. The first-order valence-corrected chi connectivity index (χ1v) is 6.96. The van der Waals surface area contributed by atoms with E-state index < -0.39 is 5.60 Å². The van der Waals surface area contributed by atoms with Crippen LogP contribution in [-0.4, -0.2) is 37.4 Å². The number of hydrogen-bond acceptors (Lipinski definition) is 5. The zero-order chi connectivity index (χ0) is 14.8. The molecule has 5 heteroatoms. The van der Waals surface area contributed by atoms with Crippen LogP contribution in [0.1, 0.15) is 44.9 Å². The second-order valence-electron chi connectivity index (χ2n) is 5.26. The molecule has 2 aliphatic carbocycles. The maximum atomic E-state index is 12.3. The molecule has 1 saturated carbocycles. The van der Waals surface area contributed by atoms with Gasteiger partial charge in [-0.05, 0) is 36.8 Å². The van der Waals surface area contributed by atoms with E-state index in [-0.39, 0.29) is 24.0 Å². The molecule has 0 aliphatic heterocycles. The Hall–Kier alpha value is -1.49. The summed E-state index contributed by atoms with van der Waals surface area (Å²) >= 11 is 0. The van der Waals surface area contributed by atoms with Gasteiger partial charge in [0.05, 0.1) is 7.11 Å². The Balaban J connectivity index is 2.35. The lowest BCUT2D eigenvalue weighted by Gasteiger charge is -2.41. The van der Waals surface area contributed by atoms with Crippen molar-refractivity contribution in [2.45, 2.75) is 50.5 Å². The first-order valence-electron chi connectivity index (χ1n) is 6.96. The van der Waals surface area contributed by atoms with Crippen LogP contribution in [0.3, 0.4) is 0 Å². The number of methoxy groups -OCH3 is 2. The van der Waals surface area contributed by atoms with Gasteiger partial charge in [0, 0.05) is 26.4 Å². The van der Waals surface area contributed by atoms with Gasteiger partial charge in [-0.2, -0.15) is 0 Å². The molecule has 1 fully saturated rings. The standard InChI is InChI=1S/C15H20O5/c1-19-14(18)7-6-10-11-4-3-5-13(17)15(11,20-2)9-8-12(10)16/h3-9H2,1-2H3/t15-/m1/s1. The predicted molar refractivity (Wildman–Crippen MR) is 71.1 cm³/mol. The average molecular weight is 280 g/mol. The van der Waals surface area contributed by atoms with Crippen molar-refractivity contribution in [3.05, 3.63) is 11.1 Å². The fourth-order valence-electron chi connectivity index (χ4n) is 3.25. The highest BCUT2D eigenvalue weighted by molar-refractivity contribution is 6.03.